The Balaban J connectivity index is 2.60. The largest absolute Gasteiger partial charge is 0.454 e. The number of nitrogens with one attached hydrogen (secondary N) is 1. The number of hydrogen-bond acceptors (Lipinski definition) is 10. The molecule has 6 N–H and O–H groups in total. The Bertz CT molecular complexity index is 1450. The molecule has 0 aromatic carbocycles. The first kappa shape index (κ1) is 73.6. The van der Waals surface area contributed by atoms with Crippen LogP contribution in [0.5, 0.6) is 0 Å². The molecule has 0 aliphatic carbocycles. The lowest BCUT2D eigenvalue weighted by Gasteiger charge is -2.41. The number of unbranched alkanes of at least 4 members (excludes halogenated alkanes) is 36. The summed E-state index contributed by atoms with van der Waals surface area (Å²) >= 11 is 0. The van der Waals surface area contributed by atoms with Gasteiger partial charge in [-0.3, -0.25) is 9.59 Å². The van der Waals surface area contributed by atoms with E-state index in [1.54, 1.807) is 6.08 Å². The molecule has 1 aliphatic rings. The van der Waals surface area contributed by atoms with Crippen molar-refractivity contribution in [1.82, 2.24) is 5.32 Å². The number of carbonyl (C=O) groups is 2. The van der Waals surface area contributed by atoms with Gasteiger partial charge in [0.25, 0.3) is 0 Å². The summed E-state index contributed by atoms with van der Waals surface area (Å²) in [6, 6.07) is -1.02. The molecule has 0 bridgehead atoms. The molecule has 1 heterocycles. The first-order valence-electron chi connectivity index (χ1n) is 32.9. The Hall–Kier alpha value is -2.38. The summed E-state index contributed by atoms with van der Waals surface area (Å²) in [5, 5.41) is 57.0. The lowest BCUT2D eigenvalue weighted by atomic mass is 9.99. The average Bonchev–Trinajstić information content (AvgIpc) is 3.45. The molecule has 1 rings (SSSR count). The molecule has 1 saturated heterocycles. The molecule has 8 atom stereocenters. The second-order valence-electron chi connectivity index (χ2n) is 22.9. The van der Waals surface area contributed by atoms with Crippen LogP contribution in [0.2, 0.25) is 0 Å². The number of amides is 1. The highest BCUT2D eigenvalue weighted by Gasteiger charge is 2.47. The number of ether oxygens (including phenoxy) is 3. The maximum absolute atomic E-state index is 13.4. The van der Waals surface area contributed by atoms with Crippen molar-refractivity contribution in [2.45, 2.75) is 352 Å². The van der Waals surface area contributed by atoms with Crippen molar-refractivity contribution in [1.29, 1.82) is 0 Å². The van der Waals surface area contributed by atoms with Crippen molar-refractivity contribution in [2.75, 3.05) is 13.2 Å². The SMILES string of the molecule is CCCCC/C=C\C/C=C\C/C=C\CCCCCCCCCCCCCC(O)C(=O)NC(COC1OC(CO)C(O)C(O)C1OC(=O)CCCCCCCCCCCCCCC)C(O)/C=C/CCCCCCCCCCCC. The number of allylic oxidation sites excluding steroid dienone is 7. The molecule has 1 amide bonds. The van der Waals surface area contributed by atoms with Gasteiger partial charge in [0.05, 0.1) is 25.4 Å². The minimum atomic E-state index is -1.61. The van der Waals surface area contributed by atoms with E-state index in [0.29, 0.717) is 12.8 Å². The van der Waals surface area contributed by atoms with Gasteiger partial charge >= 0.3 is 5.97 Å². The van der Waals surface area contributed by atoms with Crippen molar-refractivity contribution in [2.24, 2.45) is 0 Å². The summed E-state index contributed by atoms with van der Waals surface area (Å²) in [5.74, 6) is -1.19. The second kappa shape index (κ2) is 55.2. The standard InChI is InChI=1S/C67H123NO10/c1-4-7-10-13-16-19-22-25-26-27-28-29-30-31-32-33-34-35-37-39-42-45-48-51-54-60(71)66(75)68-58(59(70)53-50-47-44-41-38-24-21-18-15-12-9-6-3)57-76-67-65(64(74)63(73)61(56-69)77-67)78-62(72)55-52-49-46-43-40-36-23-20-17-14-11-8-5-2/h16,19,25-26,28-29,50,53,58-61,63-65,67,69-71,73-74H,4-15,17-18,20-24,27,30-49,51-52,54-57H2,1-3H3,(H,68,75)/b19-16-,26-25-,29-28-,53-50+. The number of carbonyl (C=O) groups excluding carboxylic acids is 2. The lowest BCUT2D eigenvalue weighted by Crippen LogP contribution is -2.61. The first-order chi connectivity index (χ1) is 38.2. The molecule has 0 aromatic rings. The fourth-order valence-electron chi connectivity index (χ4n) is 10.2. The van der Waals surface area contributed by atoms with E-state index in [1.165, 1.54) is 180 Å². The Morgan fingerprint density at radius 1 is 0.500 bits per heavy atom. The third kappa shape index (κ3) is 42.5. The van der Waals surface area contributed by atoms with E-state index in [9.17, 15) is 35.1 Å². The van der Waals surface area contributed by atoms with E-state index in [2.05, 4.69) is 62.5 Å². The number of aliphatic hydroxyl groups is 5. The van der Waals surface area contributed by atoms with Crippen LogP contribution in [0.15, 0.2) is 48.6 Å². The van der Waals surface area contributed by atoms with E-state index in [-0.39, 0.29) is 19.4 Å². The molecule has 78 heavy (non-hydrogen) atoms. The number of aliphatic hydroxyl groups excluding tert-OH is 5. The molecule has 0 radical (unpaired) electrons. The fraction of sp³-hybridized carbons (Fsp3) is 0.851. The van der Waals surface area contributed by atoms with Crippen LogP contribution >= 0.6 is 0 Å². The van der Waals surface area contributed by atoms with Crippen LogP contribution < -0.4 is 5.32 Å². The molecule has 0 spiro atoms. The quantitative estimate of drug-likeness (QED) is 0.0195. The summed E-state index contributed by atoms with van der Waals surface area (Å²) in [4.78, 5) is 26.6. The van der Waals surface area contributed by atoms with Crippen molar-refractivity contribution >= 4 is 11.9 Å². The van der Waals surface area contributed by atoms with E-state index in [1.807, 2.05) is 6.08 Å². The molecule has 456 valence electrons. The Kier molecular flexibility index (Phi) is 52.1. The minimum Gasteiger partial charge on any atom is -0.454 e. The summed E-state index contributed by atoms with van der Waals surface area (Å²) in [6.07, 6.45) is 57.2. The zero-order valence-electron chi connectivity index (χ0n) is 50.5. The van der Waals surface area contributed by atoms with Crippen LogP contribution in [0, 0.1) is 0 Å². The number of esters is 1. The van der Waals surface area contributed by atoms with Crippen molar-refractivity contribution < 1.29 is 49.3 Å². The second-order valence-corrected chi connectivity index (χ2v) is 22.9. The first-order valence-corrected chi connectivity index (χ1v) is 32.9. The monoisotopic (exact) mass is 1100 g/mol. The Labute approximate surface area is 478 Å². The number of hydrogen-bond donors (Lipinski definition) is 6. The van der Waals surface area contributed by atoms with Crippen LogP contribution in [0.25, 0.3) is 0 Å². The van der Waals surface area contributed by atoms with Crippen LogP contribution in [-0.2, 0) is 23.8 Å². The highest BCUT2D eigenvalue weighted by Crippen LogP contribution is 2.26. The molecule has 0 saturated carbocycles. The predicted molar refractivity (Wildman–Crippen MR) is 324 cm³/mol. The van der Waals surface area contributed by atoms with Gasteiger partial charge in [0, 0.05) is 6.42 Å². The summed E-state index contributed by atoms with van der Waals surface area (Å²) in [7, 11) is 0. The zero-order chi connectivity index (χ0) is 56.8. The Morgan fingerprint density at radius 2 is 0.885 bits per heavy atom. The lowest BCUT2D eigenvalue weighted by molar-refractivity contribution is -0.305. The molecule has 11 heteroatoms. The van der Waals surface area contributed by atoms with Gasteiger partial charge in [0.1, 0.15) is 24.4 Å². The van der Waals surface area contributed by atoms with Crippen molar-refractivity contribution in [3.63, 3.8) is 0 Å². The smallest absolute Gasteiger partial charge is 0.306 e. The average molecular weight is 1100 g/mol. The minimum absolute atomic E-state index is 0.127. The van der Waals surface area contributed by atoms with Crippen LogP contribution in [0.3, 0.4) is 0 Å². The van der Waals surface area contributed by atoms with Crippen LogP contribution in [0.1, 0.15) is 303 Å². The van der Waals surface area contributed by atoms with E-state index < -0.39 is 67.4 Å². The molecular formula is C67H123NO10. The molecular weight excluding hydrogens is 979 g/mol. The maximum atomic E-state index is 13.4. The van der Waals surface area contributed by atoms with Crippen molar-refractivity contribution in [3.8, 4) is 0 Å². The highest BCUT2D eigenvalue weighted by molar-refractivity contribution is 5.80. The van der Waals surface area contributed by atoms with Gasteiger partial charge in [-0.05, 0) is 64.2 Å². The summed E-state index contributed by atoms with van der Waals surface area (Å²) in [5.41, 5.74) is 0. The topological polar surface area (TPSA) is 175 Å². The Morgan fingerprint density at radius 3 is 1.35 bits per heavy atom. The van der Waals surface area contributed by atoms with Crippen LogP contribution in [0.4, 0.5) is 0 Å². The molecule has 8 unspecified atom stereocenters. The van der Waals surface area contributed by atoms with E-state index in [0.717, 1.165) is 77.0 Å². The highest BCUT2D eigenvalue weighted by atomic mass is 16.7. The summed E-state index contributed by atoms with van der Waals surface area (Å²) in [6.45, 7) is 5.78. The third-order valence-electron chi connectivity index (χ3n) is 15.5. The van der Waals surface area contributed by atoms with Gasteiger partial charge in [0.2, 0.25) is 5.91 Å². The predicted octanol–water partition coefficient (Wildman–Crippen LogP) is 16.0. The third-order valence-corrected chi connectivity index (χ3v) is 15.5. The number of rotatable bonds is 56. The molecule has 1 fully saturated rings. The maximum Gasteiger partial charge on any atom is 0.306 e. The van der Waals surface area contributed by atoms with Gasteiger partial charge < -0.3 is 45.1 Å². The zero-order valence-corrected chi connectivity index (χ0v) is 50.5. The van der Waals surface area contributed by atoms with E-state index >= 15 is 0 Å². The van der Waals surface area contributed by atoms with Crippen LogP contribution in [-0.4, -0.2) is 99.6 Å². The fourth-order valence-corrected chi connectivity index (χ4v) is 10.2. The van der Waals surface area contributed by atoms with Crippen molar-refractivity contribution in [3.05, 3.63) is 48.6 Å². The molecule has 11 nitrogen and oxygen atoms in total. The van der Waals surface area contributed by atoms with Gasteiger partial charge in [-0.1, -0.05) is 281 Å². The molecule has 0 aromatic heterocycles. The van der Waals surface area contributed by atoms with E-state index in [4.69, 9.17) is 14.2 Å². The molecule has 1 aliphatic heterocycles. The van der Waals surface area contributed by atoms with Gasteiger partial charge in [-0.15, -0.1) is 0 Å². The van der Waals surface area contributed by atoms with Gasteiger partial charge in [-0.25, -0.2) is 0 Å². The summed E-state index contributed by atoms with van der Waals surface area (Å²) < 4.78 is 17.6. The van der Waals surface area contributed by atoms with Gasteiger partial charge in [0.15, 0.2) is 12.4 Å². The van der Waals surface area contributed by atoms with Gasteiger partial charge in [-0.2, -0.15) is 0 Å². The normalized spacial score (nSPS) is 19.2.